The van der Waals surface area contributed by atoms with Gasteiger partial charge in [-0.1, -0.05) is 0 Å². The summed E-state index contributed by atoms with van der Waals surface area (Å²) in [4.78, 5) is 28.6. The summed E-state index contributed by atoms with van der Waals surface area (Å²) in [6, 6.07) is 11.7. The van der Waals surface area contributed by atoms with Gasteiger partial charge in [0.15, 0.2) is 11.4 Å². The standard InChI is InChI=1S/C21H22FN3O3/c1-23-18-7-2-15(14-20(18)28-21(23)27)19(26)8-9-24-10-12-25(13-11-24)17-5-3-16(22)4-6-17/h2-7,14H,8-13H2,1H3. The van der Waals surface area contributed by atoms with Gasteiger partial charge in [0.25, 0.3) is 0 Å². The number of oxazole rings is 1. The summed E-state index contributed by atoms with van der Waals surface area (Å²) in [5, 5.41) is 0. The van der Waals surface area contributed by atoms with Gasteiger partial charge in [-0.05, 0) is 42.5 Å². The molecule has 0 radical (unpaired) electrons. The van der Waals surface area contributed by atoms with Crippen molar-refractivity contribution in [3.8, 4) is 0 Å². The van der Waals surface area contributed by atoms with Crippen LogP contribution in [0.5, 0.6) is 0 Å². The Hall–Kier alpha value is -2.93. The molecule has 2 aromatic carbocycles. The number of anilines is 1. The van der Waals surface area contributed by atoms with E-state index in [0.29, 0.717) is 29.6 Å². The van der Waals surface area contributed by atoms with Gasteiger partial charge >= 0.3 is 5.76 Å². The number of piperazine rings is 1. The summed E-state index contributed by atoms with van der Waals surface area (Å²) in [7, 11) is 1.64. The first-order chi connectivity index (χ1) is 13.5. The van der Waals surface area contributed by atoms with E-state index in [1.54, 1.807) is 37.4 Å². The Morgan fingerprint density at radius 1 is 1.07 bits per heavy atom. The number of hydrogen-bond acceptors (Lipinski definition) is 5. The first-order valence-electron chi connectivity index (χ1n) is 9.37. The molecular weight excluding hydrogens is 361 g/mol. The van der Waals surface area contributed by atoms with Crippen molar-refractivity contribution < 1.29 is 13.6 Å². The summed E-state index contributed by atoms with van der Waals surface area (Å²) >= 11 is 0. The van der Waals surface area contributed by atoms with Gasteiger partial charge in [0, 0.05) is 57.4 Å². The van der Waals surface area contributed by atoms with Gasteiger partial charge in [0.2, 0.25) is 0 Å². The van der Waals surface area contributed by atoms with Crippen molar-refractivity contribution in [2.24, 2.45) is 7.05 Å². The largest absolute Gasteiger partial charge is 0.419 e. The number of carbonyl (C=O) groups is 1. The zero-order valence-corrected chi connectivity index (χ0v) is 15.7. The number of aromatic nitrogens is 1. The zero-order valence-electron chi connectivity index (χ0n) is 15.7. The number of fused-ring (bicyclic) bond motifs is 1. The normalized spacial score (nSPS) is 15.3. The highest BCUT2D eigenvalue weighted by atomic mass is 19.1. The topological polar surface area (TPSA) is 58.7 Å². The quantitative estimate of drug-likeness (QED) is 0.634. The van der Waals surface area contributed by atoms with Crippen LogP contribution in [0.2, 0.25) is 0 Å². The maximum Gasteiger partial charge on any atom is 0.419 e. The lowest BCUT2D eigenvalue weighted by molar-refractivity contribution is 0.0962. The third-order valence-corrected chi connectivity index (χ3v) is 5.33. The molecule has 0 aliphatic carbocycles. The molecule has 3 aromatic rings. The van der Waals surface area contributed by atoms with E-state index in [-0.39, 0.29) is 11.6 Å². The molecule has 0 atom stereocenters. The Morgan fingerprint density at radius 3 is 2.50 bits per heavy atom. The van der Waals surface area contributed by atoms with Crippen LogP contribution >= 0.6 is 0 Å². The third kappa shape index (κ3) is 3.71. The molecule has 2 heterocycles. The number of Topliss-reactive ketones (excluding diaryl/α,β-unsaturated/α-hetero) is 1. The van der Waals surface area contributed by atoms with Crippen molar-refractivity contribution in [3.05, 3.63) is 64.4 Å². The van der Waals surface area contributed by atoms with E-state index < -0.39 is 5.76 Å². The van der Waals surface area contributed by atoms with Crippen LogP contribution in [0.15, 0.2) is 51.7 Å². The number of carbonyl (C=O) groups excluding carboxylic acids is 1. The van der Waals surface area contributed by atoms with Crippen LogP contribution in [0.4, 0.5) is 10.1 Å². The molecule has 7 heteroatoms. The van der Waals surface area contributed by atoms with Gasteiger partial charge in [-0.25, -0.2) is 9.18 Å². The van der Waals surface area contributed by atoms with Crippen LogP contribution < -0.4 is 10.7 Å². The SMILES string of the molecule is Cn1c(=O)oc2cc(C(=O)CCN3CCN(c4ccc(F)cc4)CC3)ccc21. The molecule has 146 valence electrons. The average Bonchev–Trinajstić information content (AvgIpc) is 3.00. The molecule has 0 bridgehead atoms. The van der Waals surface area contributed by atoms with Crippen molar-refractivity contribution in [1.82, 2.24) is 9.47 Å². The molecule has 0 N–H and O–H groups in total. The number of hydrogen-bond donors (Lipinski definition) is 0. The summed E-state index contributed by atoms with van der Waals surface area (Å²) in [5.41, 5.74) is 2.70. The molecule has 0 amide bonds. The van der Waals surface area contributed by atoms with Crippen molar-refractivity contribution in [2.45, 2.75) is 6.42 Å². The Bertz CT molecular complexity index is 1050. The molecule has 28 heavy (non-hydrogen) atoms. The monoisotopic (exact) mass is 383 g/mol. The number of nitrogens with zero attached hydrogens (tertiary/aromatic N) is 3. The van der Waals surface area contributed by atoms with Crippen molar-refractivity contribution in [1.29, 1.82) is 0 Å². The maximum absolute atomic E-state index is 13.1. The van der Waals surface area contributed by atoms with Gasteiger partial charge in [-0.15, -0.1) is 0 Å². The third-order valence-electron chi connectivity index (χ3n) is 5.33. The van der Waals surface area contributed by atoms with Crippen molar-refractivity contribution in [3.63, 3.8) is 0 Å². The first-order valence-corrected chi connectivity index (χ1v) is 9.37. The van der Waals surface area contributed by atoms with Gasteiger partial charge in [-0.2, -0.15) is 0 Å². The molecule has 1 aliphatic heterocycles. The van der Waals surface area contributed by atoms with Crippen LogP contribution in [0.3, 0.4) is 0 Å². The van der Waals surface area contributed by atoms with Crippen LogP contribution in [0.25, 0.3) is 11.1 Å². The summed E-state index contributed by atoms with van der Waals surface area (Å²) in [5.74, 6) is -0.623. The predicted octanol–water partition coefficient (Wildman–Crippen LogP) is 2.67. The minimum atomic E-state index is -0.432. The summed E-state index contributed by atoms with van der Waals surface area (Å²) < 4.78 is 19.6. The minimum Gasteiger partial charge on any atom is -0.408 e. The van der Waals surface area contributed by atoms with Crippen LogP contribution in [0, 0.1) is 5.82 Å². The molecule has 1 saturated heterocycles. The highest BCUT2D eigenvalue weighted by molar-refractivity contribution is 5.98. The lowest BCUT2D eigenvalue weighted by Crippen LogP contribution is -2.46. The Labute approximate surface area is 161 Å². The highest BCUT2D eigenvalue weighted by Gasteiger charge is 2.18. The molecule has 6 nitrogen and oxygen atoms in total. The van der Waals surface area contributed by atoms with E-state index >= 15 is 0 Å². The van der Waals surface area contributed by atoms with Gasteiger partial charge in [0.05, 0.1) is 5.52 Å². The second kappa shape index (κ2) is 7.59. The van der Waals surface area contributed by atoms with E-state index in [1.807, 2.05) is 0 Å². The zero-order chi connectivity index (χ0) is 19.7. The number of benzene rings is 2. The lowest BCUT2D eigenvalue weighted by Gasteiger charge is -2.36. The Morgan fingerprint density at radius 2 is 1.79 bits per heavy atom. The van der Waals surface area contributed by atoms with E-state index in [4.69, 9.17) is 4.42 Å². The fraction of sp³-hybridized carbons (Fsp3) is 0.333. The summed E-state index contributed by atoms with van der Waals surface area (Å²) in [6.07, 6.45) is 0.416. The molecule has 0 saturated carbocycles. The van der Waals surface area contributed by atoms with E-state index in [2.05, 4.69) is 9.80 Å². The van der Waals surface area contributed by atoms with Gasteiger partial charge in [0.1, 0.15) is 5.82 Å². The average molecular weight is 383 g/mol. The van der Waals surface area contributed by atoms with Crippen LogP contribution in [0.1, 0.15) is 16.8 Å². The van der Waals surface area contributed by atoms with Gasteiger partial charge in [-0.3, -0.25) is 14.3 Å². The number of rotatable bonds is 5. The highest BCUT2D eigenvalue weighted by Crippen LogP contribution is 2.18. The molecule has 1 fully saturated rings. The van der Waals surface area contributed by atoms with Crippen molar-refractivity contribution >= 4 is 22.6 Å². The second-order valence-corrected chi connectivity index (χ2v) is 7.09. The molecule has 0 unspecified atom stereocenters. The molecule has 1 aromatic heterocycles. The number of halogens is 1. The van der Waals surface area contributed by atoms with Crippen LogP contribution in [-0.4, -0.2) is 48.0 Å². The van der Waals surface area contributed by atoms with E-state index in [9.17, 15) is 14.0 Å². The second-order valence-electron chi connectivity index (χ2n) is 7.09. The smallest absolute Gasteiger partial charge is 0.408 e. The molecule has 0 spiro atoms. The molecular formula is C21H22FN3O3. The molecule has 1 aliphatic rings. The summed E-state index contributed by atoms with van der Waals surface area (Å²) in [6.45, 7) is 4.10. The fourth-order valence-electron chi connectivity index (χ4n) is 3.59. The molecule has 4 rings (SSSR count). The number of aryl methyl sites for hydroxylation is 1. The van der Waals surface area contributed by atoms with Crippen LogP contribution in [-0.2, 0) is 7.05 Å². The Kier molecular flexibility index (Phi) is 5.00. The predicted molar refractivity (Wildman–Crippen MR) is 105 cm³/mol. The lowest BCUT2D eigenvalue weighted by atomic mass is 10.1. The van der Waals surface area contributed by atoms with Crippen molar-refractivity contribution in [2.75, 3.05) is 37.6 Å². The maximum atomic E-state index is 13.1. The van der Waals surface area contributed by atoms with Gasteiger partial charge < -0.3 is 9.32 Å². The fourth-order valence-corrected chi connectivity index (χ4v) is 3.59. The number of ketones is 1. The first kappa shape index (κ1) is 18.4. The Balaban J connectivity index is 1.32. The van der Waals surface area contributed by atoms with E-state index in [0.717, 1.165) is 31.9 Å². The minimum absolute atomic E-state index is 0.0365. The van der Waals surface area contributed by atoms with E-state index in [1.165, 1.54) is 16.7 Å².